The average Bonchev–Trinajstić information content (AvgIpc) is 3.64. The van der Waals surface area contributed by atoms with Gasteiger partial charge in [-0.05, 0) is 104 Å². The predicted octanol–water partition coefficient (Wildman–Crippen LogP) is 10.3. The van der Waals surface area contributed by atoms with E-state index in [2.05, 4.69) is 20.6 Å². The maximum atomic E-state index is 13.2. The van der Waals surface area contributed by atoms with Crippen molar-refractivity contribution >= 4 is 52.4 Å². The number of carbonyl (C=O) groups excluding carboxylic acids is 4. The molecule has 0 bridgehead atoms. The van der Waals surface area contributed by atoms with E-state index in [0.29, 0.717) is 40.7 Å². The molecular weight excluding hydrogens is 843 g/mol. The summed E-state index contributed by atoms with van der Waals surface area (Å²) in [7, 11) is 0. The van der Waals surface area contributed by atoms with Crippen molar-refractivity contribution in [3.05, 3.63) is 206 Å². The molecule has 0 N–H and O–H groups in total. The standard InChI is InChI=1S/C51H41N5O10/c1-5-51(6-2)41-29-38(45(54-65-49(59)36-23-15-9-16-24-36)32(3)52-63-47(57)34-19-11-7-12-20-34)27-28-40(41)44-42(51)30-39(31-43(44)56(61)62)46(55-66-50(60)37-25-17-10-18-26-37)33(4)53-64-48(58)35-21-13-8-14-22-35/h7-31H,5-6H2,1-4H3/b52-32+,53-33+,54-45+,55-46+. The van der Waals surface area contributed by atoms with Crippen molar-refractivity contribution < 1.29 is 43.5 Å². The van der Waals surface area contributed by atoms with Crippen molar-refractivity contribution in [1.29, 1.82) is 0 Å². The molecule has 15 nitrogen and oxygen atoms in total. The van der Waals surface area contributed by atoms with Crippen molar-refractivity contribution in [2.75, 3.05) is 0 Å². The zero-order chi connectivity index (χ0) is 46.8. The normalized spacial score (nSPS) is 13.2. The topological polar surface area (TPSA) is 198 Å². The smallest absolute Gasteiger partial charge is 0.312 e. The molecule has 15 heteroatoms. The first-order chi connectivity index (χ1) is 31.9. The van der Waals surface area contributed by atoms with Crippen molar-refractivity contribution in [2.45, 2.75) is 46.0 Å². The third-order valence-electron chi connectivity index (χ3n) is 11.1. The van der Waals surface area contributed by atoms with Crippen LogP contribution in [0.4, 0.5) is 5.69 Å². The number of nitro benzene ring substituents is 1. The molecule has 0 spiro atoms. The molecule has 6 aromatic rings. The Kier molecular flexibility index (Phi) is 13.9. The van der Waals surface area contributed by atoms with Crippen molar-refractivity contribution in [3.63, 3.8) is 0 Å². The number of nitrogens with zero attached hydrogens (tertiary/aromatic N) is 5. The zero-order valence-electron chi connectivity index (χ0n) is 36.2. The van der Waals surface area contributed by atoms with E-state index in [0.717, 1.165) is 0 Å². The average molecular weight is 884 g/mol. The number of rotatable bonds is 15. The summed E-state index contributed by atoms with van der Waals surface area (Å²) < 4.78 is 0. The van der Waals surface area contributed by atoms with Crippen LogP contribution in [0.15, 0.2) is 172 Å². The van der Waals surface area contributed by atoms with Crippen molar-refractivity contribution in [3.8, 4) is 11.1 Å². The SMILES string of the molecule is CCC1(CC)c2cc(C(=N/OC(=O)c3ccccc3)/C(C)=N/OC(=O)c3ccccc3)ccc2-c2c([N+](=O)[O-])cc(C(=N/OC(=O)c3ccccc3)/C(C)=N/OC(=O)c3ccccc3)cc21. The van der Waals surface area contributed by atoms with Gasteiger partial charge in [0.1, 0.15) is 22.8 Å². The predicted molar refractivity (Wildman–Crippen MR) is 247 cm³/mol. The molecule has 0 heterocycles. The van der Waals surface area contributed by atoms with E-state index in [1.54, 1.807) is 133 Å². The molecule has 0 fully saturated rings. The molecule has 330 valence electrons. The van der Waals surface area contributed by atoms with Gasteiger partial charge in [0.2, 0.25) is 0 Å². The first kappa shape index (κ1) is 45.3. The number of nitro groups is 1. The Morgan fingerprint density at radius 3 is 1.23 bits per heavy atom. The maximum absolute atomic E-state index is 13.2. The van der Waals surface area contributed by atoms with Gasteiger partial charge >= 0.3 is 23.9 Å². The Hall–Kier alpha value is -8.72. The van der Waals surface area contributed by atoms with Gasteiger partial charge < -0.3 is 19.4 Å². The molecule has 0 aliphatic heterocycles. The van der Waals surface area contributed by atoms with Crippen LogP contribution in [0.3, 0.4) is 0 Å². The van der Waals surface area contributed by atoms with Gasteiger partial charge in [0, 0.05) is 22.6 Å². The second kappa shape index (κ2) is 20.2. The number of carbonyl (C=O) groups is 4. The fourth-order valence-electron chi connectivity index (χ4n) is 7.67. The van der Waals surface area contributed by atoms with Gasteiger partial charge in [-0.25, -0.2) is 19.2 Å². The number of fused-ring (bicyclic) bond motifs is 3. The lowest BCUT2D eigenvalue weighted by atomic mass is 9.73. The Labute approximate surface area is 378 Å². The van der Waals surface area contributed by atoms with Gasteiger partial charge in [0.05, 0.1) is 32.7 Å². The van der Waals surface area contributed by atoms with E-state index >= 15 is 0 Å². The highest BCUT2D eigenvalue weighted by Gasteiger charge is 2.45. The second-order valence-corrected chi connectivity index (χ2v) is 14.9. The summed E-state index contributed by atoms with van der Waals surface area (Å²) in [6.07, 6.45) is 0.893. The van der Waals surface area contributed by atoms with Crippen LogP contribution >= 0.6 is 0 Å². The lowest BCUT2D eigenvalue weighted by molar-refractivity contribution is -0.384. The highest BCUT2D eigenvalue weighted by Crippen LogP contribution is 2.56. The van der Waals surface area contributed by atoms with Crippen LogP contribution in [0.1, 0.15) is 104 Å². The van der Waals surface area contributed by atoms with E-state index in [4.69, 9.17) is 19.4 Å². The highest BCUT2D eigenvalue weighted by atomic mass is 16.7. The minimum absolute atomic E-state index is 0.0283. The van der Waals surface area contributed by atoms with Crippen molar-refractivity contribution in [2.24, 2.45) is 20.6 Å². The Bertz CT molecular complexity index is 2950. The summed E-state index contributed by atoms with van der Waals surface area (Å²) >= 11 is 0. The summed E-state index contributed by atoms with van der Waals surface area (Å²) in [5.41, 5.74) is 2.42. The zero-order valence-corrected chi connectivity index (χ0v) is 36.2. The minimum atomic E-state index is -0.880. The summed E-state index contributed by atoms with van der Waals surface area (Å²) in [6, 6.07) is 41.0. The van der Waals surface area contributed by atoms with E-state index in [1.165, 1.54) is 32.0 Å². The number of hydrogen-bond donors (Lipinski definition) is 0. The first-order valence-electron chi connectivity index (χ1n) is 20.8. The summed E-state index contributed by atoms with van der Waals surface area (Å²) in [6.45, 7) is 6.90. The third-order valence-corrected chi connectivity index (χ3v) is 11.1. The quantitative estimate of drug-likeness (QED) is 0.0414. The molecular formula is C51H41N5O10. The summed E-state index contributed by atoms with van der Waals surface area (Å²) in [5, 5.41) is 29.7. The Morgan fingerprint density at radius 2 is 0.848 bits per heavy atom. The van der Waals surface area contributed by atoms with Crippen LogP contribution in [0.2, 0.25) is 0 Å². The molecule has 0 aromatic heterocycles. The van der Waals surface area contributed by atoms with E-state index in [9.17, 15) is 29.3 Å². The lowest BCUT2D eigenvalue weighted by Crippen LogP contribution is -2.25. The number of hydrogen-bond acceptors (Lipinski definition) is 14. The largest absolute Gasteiger partial charge is 0.365 e. The second-order valence-electron chi connectivity index (χ2n) is 14.9. The van der Waals surface area contributed by atoms with Crippen LogP contribution in [0.25, 0.3) is 11.1 Å². The van der Waals surface area contributed by atoms with E-state index < -0.39 is 34.2 Å². The van der Waals surface area contributed by atoms with Crippen LogP contribution in [0, 0.1) is 10.1 Å². The molecule has 0 unspecified atom stereocenters. The molecule has 7 rings (SSSR count). The third kappa shape index (κ3) is 9.60. The Balaban J connectivity index is 1.34. The van der Waals surface area contributed by atoms with Gasteiger partial charge in [-0.15, -0.1) is 0 Å². The maximum Gasteiger partial charge on any atom is 0.365 e. The fourth-order valence-corrected chi connectivity index (χ4v) is 7.67. The van der Waals surface area contributed by atoms with Gasteiger partial charge in [0.15, 0.2) is 0 Å². The fraction of sp³-hybridized carbons (Fsp3) is 0.137. The molecule has 0 saturated carbocycles. The number of benzene rings is 6. The molecule has 0 saturated heterocycles. The summed E-state index contributed by atoms with van der Waals surface area (Å²) in [4.78, 5) is 86.1. The Morgan fingerprint density at radius 1 is 0.485 bits per heavy atom. The highest BCUT2D eigenvalue weighted by molar-refractivity contribution is 6.48. The molecule has 1 aliphatic carbocycles. The minimum Gasteiger partial charge on any atom is -0.312 e. The van der Waals surface area contributed by atoms with Crippen LogP contribution in [-0.4, -0.2) is 51.6 Å². The first-order valence-corrected chi connectivity index (χ1v) is 20.8. The molecule has 66 heavy (non-hydrogen) atoms. The molecule has 0 atom stereocenters. The van der Waals surface area contributed by atoms with Crippen molar-refractivity contribution in [1.82, 2.24) is 0 Å². The molecule has 6 aromatic carbocycles. The van der Waals surface area contributed by atoms with Crippen LogP contribution < -0.4 is 0 Å². The van der Waals surface area contributed by atoms with Gasteiger partial charge in [-0.3, -0.25) is 10.1 Å². The number of oxime groups is 4. The van der Waals surface area contributed by atoms with Gasteiger partial charge in [-0.1, -0.05) is 119 Å². The molecule has 1 aliphatic rings. The van der Waals surface area contributed by atoms with E-state index in [1.807, 2.05) is 13.8 Å². The molecule has 0 amide bonds. The monoisotopic (exact) mass is 883 g/mol. The molecule has 0 radical (unpaired) electrons. The summed E-state index contributed by atoms with van der Waals surface area (Å²) in [5.74, 6) is -3.07. The lowest BCUT2D eigenvalue weighted by Gasteiger charge is -2.30. The van der Waals surface area contributed by atoms with Crippen LogP contribution in [0.5, 0.6) is 0 Å². The van der Waals surface area contributed by atoms with E-state index in [-0.39, 0.29) is 56.4 Å². The van der Waals surface area contributed by atoms with Crippen LogP contribution in [-0.2, 0) is 24.8 Å². The van der Waals surface area contributed by atoms with Gasteiger partial charge in [0.25, 0.3) is 5.69 Å². The van der Waals surface area contributed by atoms with Gasteiger partial charge in [-0.2, -0.15) is 0 Å².